The summed E-state index contributed by atoms with van der Waals surface area (Å²) in [5.41, 5.74) is 5.67. The summed E-state index contributed by atoms with van der Waals surface area (Å²) in [5, 5.41) is 7.60. The monoisotopic (exact) mass is 217 g/mol. The highest BCUT2D eigenvalue weighted by atomic mass is 32.2. The molecule has 2 N–H and O–H groups in total. The molecule has 0 spiro atoms. The summed E-state index contributed by atoms with van der Waals surface area (Å²) >= 11 is 0. The van der Waals surface area contributed by atoms with Crippen molar-refractivity contribution >= 4 is 10.0 Å². The normalized spacial score (nSPS) is 26.8. The summed E-state index contributed by atoms with van der Waals surface area (Å²) in [6, 6.07) is 1.65. The molecule has 0 saturated carbocycles. The Bertz CT molecular complexity index is 333. The van der Waals surface area contributed by atoms with E-state index in [2.05, 4.69) is 0 Å². The number of rotatable bonds is 2. The number of nitrogens with zero attached hydrogens (tertiary/aromatic N) is 2. The second-order valence-electron chi connectivity index (χ2n) is 3.58. The third-order valence-corrected chi connectivity index (χ3v) is 4.46. The summed E-state index contributed by atoms with van der Waals surface area (Å²) in [4.78, 5) is 0. The zero-order chi connectivity index (χ0) is 10.8. The van der Waals surface area contributed by atoms with Gasteiger partial charge in [0.15, 0.2) is 5.25 Å². The molecule has 1 fully saturated rings. The van der Waals surface area contributed by atoms with Gasteiger partial charge in [-0.3, -0.25) is 0 Å². The van der Waals surface area contributed by atoms with Gasteiger partial charge in [-0.05, 0) is 19.8 Å². The number of sulfonamides is 1. The molecule has 0 radical (unpaired) electrons. The molecular formula is C8H15N3O2S. The first kappa shape index (κ1) is 11.4. The van der Waals surface area contributed by atoms with Gasteiger partial charge in [0.25, 0.3) is 0 Å². The van der Waals surface area contributed by atoms with Crippen LogP contribution in [0.5, 0.6) is 0 Å². The maximum absolute atomic E-state index is 11.7. The van der Waals surface area contributed by atoms with E-state index in [-0.39, 0.29) is 6.04 Å². The molecule has 6 heteroatoms. The third kappa shape index (κ3) is 2.23. The SMILES string of the molecule is CC(C#N)S(=O)(=O)N1CCC[C@@H](N)C1. The van der Waals surface area contributed by atoms with E-state index in [1.54, 1.807) is 6.07 Å². The maximum Gasteiger partial charge on any atom is 0.230 e. The standard InChI is InChI=1S/C8H15N3O2S/c1-7(5-9)14(12,13)11-4-2-3-8(10)6-11/h7-8H,2-4,6,10H2,1H3/t7?,8-/m1/s1. The minimum atomic E-state index is -3.45. The second-order valence-corrected chi connectivity index (χ2v) is 5.83. The molecule has 0 aromatic carbocycles. The van der Waals surface area contributed by atoms with Gasteiger partial charge in [0.2, 0.25) is 10.0 Å². The number of hydrogen-bond acceptors (Lipinski definition) is 4. The molecule has 0 aromatic rings. The van der Waals surface area contributed by atoms with Crippen LogP contribution in [0.25, 0.3) is 0 Å². The summed E-state index contributed by atoms with van der Waals surface area (Å²) in [7, 11) is -3.45. The van der Waals surface area contributed by atoms with E-state index >= 15 is 0 Å². The maximum atomic E-state index is 11.7. The lowest BCUT2D eigenvalue weighted by molar-refractivity contribution is 0.315. The van der Waals surface area contributed by atoms with Crippen LogP contribution < -0.4 is 5.73 Å². The van der Waals surface area contributed by atoms with E-state index in [0.29, 0.717) is 13.1 Å². The molecule has 2 atom stereocenters. The molecule has 0 aromatic heterocycles. The van der Waals surface area contributed by atoms with Crippen molar-refractivity contribution in [2.45, 2.75) is 31.1 Å². The highest BCUT2D eigenvalue weighted by Crippen LogP contribution is 2.15. The topological polar surface area (TPSA) is 87.2 Å². The molecule has 80 valence electrons. The summed E-state index contributed by atoms with van der Waals surface area (Å²) < 4.78 is 24.7. The van der Waals surface area contributed by atoms with Crippen molar-refractivity contribution in [3.63, 3.8) is 0 Å². The molecule has 5 nitrogen and oxygen atoms in total. The van der Waals surface area contributed by atoms with Crippen LogP contribution in [0, 0.1) is 11.3 Å². The molecule has 14 heavy (non-hydrogen) atoms. The highest BCUT2D eigenvalue weighted by molar-refractivity contribution is 7.89. The van der Waals surface area contributed by atoms with Crippen LogP contribution in [0.15, 0.2) is 0 Å². The zero-order valence-electron chi connectivity index (χ0n) is 8.18. The van der Waals surface area contributed by atoms with E-state index < -0.39 is 15.3 Å². The van der Waals surface area contributed by atoms with Gasteiger partial charge < -0.3 is 5.73 Å². The number of piperidine rings is 1. The Hall–Kier alpha value is -0.640. The lowest BCUT2D eigenvalue weighted by Crippen LogP contribution is -2.48. The highest BCUT2D eigenvalue weighted by Gasteiger charge is 2.31. The Kier molecular flexibility index (Phi) is 3.48. The van der Waals surface area contributed by atoms with Crippen LogP contribution >= 0.6 is 0 Å². The fourth-order valence-corrected chi connectivity index (χ4v) is 2.86. The van der Waals surface area contributed by atoms with E-state index in [9.17, 15) is 8.42 Å². The van der Waals surface area contributed by atoms with Crippen LogP contribution in [0.4, 0.5) is 0 Å². The van der Waals surface area contributed by atoms with Crippen LogP contribution in [-0.2, 0) is 10.0 Å². The van der Waals surface area contributed by atoms with Crippen LogP contribution in [0.1, 0.15) is 19.8 Å². The first-order chi connectivity index (χ1) is 6.48. The summed E-state index contributed by atoms with van der Waals surface area (Å²) in [6.07, 6.45) is 1.63. The molecule has 0 aliphatic carbocycles. The van der Waals surface area contributed by atoms with Gasteiger partial charge in [0.05, 0.1) is 6.07 Å². The first-order valence-electron chi connectivity index (χ1n) is 4.62. The molecule has 1 heterocycles. The molecule has 1 unspecified atom stereocenters. The van der Waals surface area contributed by atoms with Gasteiger partial charge in [-0.2, -0.15) is 9.57 Å². The van der Waals surface area contributed by atoms with Crippen molar-refractivity contribution in [2.24, 2.45) is 5.73 Å². The predicted octanol–water partition coefficient (Wildman–Crippen LogP) is -0.349. The van der Waals surface area contributed by atoms with Crippen LogP contribution in [-0.4, -0.2) is 37.1 Å². The molecule has 0 bridgehead atoms. The minimum absolute atomic E-state index is 0.0931. The van der Waals surface area contributed by atoms with Crippen molar-refractivity contribution in [1.82, 2.24) is 4.31 Å². The Balaban J connectivity index is 2.78. The molecule has 0 amide bonds. The van der Waals surface area contributed by atoms with E-state index in [0.717, 1.165) is 12.8 Å². The van der Waals surface area contributed by atoms with Gasteiger partial charge in [0, 0.05) is 19.1 Å². The number of nitriles is 1. The third-order valence-electron chi connectivity index (χ3n) is 2.41. The van der Waals surface area contributed by atoms with Crippen molar-refractivity contribution < 1.29 is 8.42 Å². The minimum Gasteiger partial charge on any atom is -0.327 e. The fraction of sp³-hybridized carbons (Fsp3) is 0.875. The fourth-order valence-electron chi connectivity index (χ4n) is 1.50. The molecular weight excluding hydrogens is 202 g/mol. The van der Waals surface area contributed by atoms with Crippen LogP contribution in [0.2, 0.25) is 0 Å². The molecule has 1 rings (SSSR count). The molecule has 1 saturated heterocycles. The second kappa shape index (κ2) is 4.26. The quantitative estimate of drug-likeness (QED) is 0.685. The average Bonchev–Trinajstić information content (AvgIpc) is 2.16. The lowest BCUT2D eigenvalue weighted by atomic mass is 10.1. The Labute approximate surface area is 84.5 Å². The smallest absolute Gasteiger partial charge is 0.230 e. The summed E-state index contributed by atoms with van der Waals surface area (Å²) in [5.74, 6) is 0. The van der Waals surface area contributed by atoms with Crippen molar-refractivity contribution in [3.05, 3.63) is 0 Å². The first-order valence-corrected chi connectivity index (χ1v) is 6.13. The largest absolute Gasteiger partial charge is 0.327 e. The van der Waals surface area contributed by atoms with Gasteiger partial charge >= 0.3 is 0 Å². The number of nitrogens with two attached hydrogens (primary N) is 1. The van der Waals surface area contributed by atoms with Crippen molar-refractivity contribution in [3.8, 4) is 6.07 Å². The number of hydrogen-bond donors (Lipinski definition) is 1. The zero-order valence-corrected chi connectivity index (χ0v) is 9.00. The Morgan fingerprint density at radius 2 is 2.29 bits per heavy atom. The van der Waals surface area contributed by atoms with E-state index in [1.165, 1.54) is 11.2 Å². The summed E-state index contributed by atoms with van der Waals surface area (Å²) in [6.45, 7) is 2.23. The van der Waals surface area contributed by atoms with E-state index in [1.807, 2.05) is 0 Å². The molecule has 1 aliphatic heterocycles. The van der Waals surface area contributed by atoms with Gasteiger partial charge in [-0.15, -0.1) is 0 Å². The van der Waals surface area contributed by atoms with Gasteiger partial charge in [-0.25, -0.2) is 8.42 Å². The van der Waals surface area contributed by atoms with Crippen LogP contribution in [0.3, 0.4) is 0 Å². The predicted molar refractivity (Wildman–Crippen MR) is 52.8 cm³/mol. The Morgan fingerprint density at radius 3 is 2.79 bits per heavy atom. The van der Waals surface area contributed by atoms with Gasteiger partial charge in [-0.1, -0.05) is 0 Å². The van der Waals surface area contributed by atoms with Crippen molar-refractivity contribution in [2.75, 3.05) is 13.1 Å². The lowest BCUT2D eigenvalue weighted by Gasteiger charge is -2.30. The average molecular weight is 217 g/mol. The van der Waals surface area contributed by atoms with E-state index in [4.69, 9.17) is 11.0 Å². The van der Waals surface area contributed by atoms with Gasteiger partial charge in [0.1, 0.15) is 0 Å². The molecule has 1 aliphatic rings. The Morgan fingerprint density at radius 1 is 1.64 bits per heavy atom. The van der Waals surface area contributed by atoms with Crippen molar-refractivity contribution in [1.29, 1.82) is 5.26 Å².